The van der Waals surface area contributed by atoms with Gasteiger partial charge in [0.15, 0.2) is 0 Å². The molecule has 3 rings (SSSR count). The van der Waals surface area contributed by atoms with Gasteiger partial charge in [0.1, 0.15) is 16.6 Å². The molecule has 6 heteroatoms. The van der Waals surface area contributed by atoms with Crippen LogP contribution in [0.2, 0.25) is 0 Å². The van der Waals surface area contributed by atoms with Gasteiger partial charge >= 0.3 is 0 Å². The Hall–Kier alpha value is -2.65. The maximum Gasteiger partial charge on any atom is 0.139 e. The second-order valence-corrected chi connectivity index (χ2v) is 5.57. The first-order valence-electron chi connectivity index (χ1n) is 6.31. The van der Waals surface area contributed by atoms with Gasteiger partial charge in [-0.25, -0.2) is 4.98 Å². The maximum absolute atomic E-state index is 10.2. The second-order valence-electron chi connectivity index (χ2n) is 4.71. The molecule has 0 bridgehead atoms. The minimum Gasteiger partial charge on any atom is -0.510 e. The maximum atomic E-state index is 10.2. The van der Waals surface area contributed by atoms with Crippen LogP contribution in [-0.4, -0.2) is 22.5 Å². The molecule has 0 amide bonds. The van der Waals surface area contributed by atoms with Crippen LogP contribution >= 0.6 is 11.3 Å². The van der Waals surface area contributed by atoms with Gasteiger partial charge in [-0.3, -0.25) is 5.41 Å². The highest BCUT2D eigenvalue weighted by Crippen LogP contribution is 2.32. The molecular formula is C15H12N4OS. The van der Waals surface area contributed by atoms with Crippen LogP contribution in [0.5, 0.6) is 0 Å². The number of anilines is 1. The van der Waals surface area contributed by atoms with Crippen molar-refractivity contribution >= 4 is 28.4 Å². The number of aromatic nitrogens is 1. The van der Waals surface area contributed by atoms with E-state index in [9.17, 15) is 5.11 Å². The van der Waals surface area contributed by atoms with Gasteiger partial charge in [-0.2, -0.15) is 5.26 Å². The number of rotatable bonds is 2. The molecule has 0 aliphatic carbocycles. The molecule has 0 saturated heterocycles. The van der Waals surface area contributed by atoms with Crippen LogP contribution in [0, 0.1) is 23.7 Å². The molecule has 5 nitrogen and oxygen atoms in total. The number of hydrogen-bond acceptors (Lipinski definition) is 5. The van der Waals surface area contributed by atoms with Crippen LogP contribution in [-0.2, 0) is 0 Å². The van der Waals surface area contributed by atoms with E-state index >= 15 is 0 Å². The number of aliphatic hydroxyl groups is 1. The number of amidine groups is 1. The lowest BCUT2D eigenvalue weighted by Crippen LogP contribution is -2.25. The predicted octanol–water partition coefficient (Wildman–Crippen LogP) is 3.09. The van der Waals surface area contributed by atoms with Gasteiger partial charge in [-0.1, -0.05) is 0 Å². The Morgan fingerprint density at radius 2 is 2.10 bits per heavy atom. The van der Waals surface area contributed by atoms with Crippen molar-refractivity contribution in [2.45, 2.75) is 6.92 Å². The molecule has 0 saturated carbocycles. The van der Waals surface area contributed by atoms with E-state index in [0.717, 1.165) is 11.4 Å². The molecule has 1 aromatic heterocycles. The highest BCUT2D eigenvalue weighted by atomic mass is 32.1. The summed E-state index contributed by atoms with van der Waals surface area (Å²) in [5.41, 5.74) is 2.70. The van der Waals surface area contributed by atoms with Gasteiger partial charge in [-0.15, -0.1) is 11.3 Å². The van der Waals surface area contributed by atoms with Gasteiger partial charge in [0.05, 0.1) is 23.8 Å². The number of hydrogen-bond donors (Lipinski definition) is 2. The van der Waals surface area contributed by atoms with E-state index < -0.39 is 0 Å². The summed E-state index contributed by atoms with van der Waals surface area (Å²) < 4.78 is 0. The van der Waals surface area contributed by atoms with Gasteiger partial charge in [0.2, 0.25) is 0 Å². The van der Waals surface area contributed by atoms with E-state index in [1.54, 1.807) is 29.2 Å². The third kappa shape index (κ3) is 2.28. The Bertz CT molecular complexity index is 783. The van der Waals surface area contributed by atoms with Crippen molar-refractivity contribution in [2.24, 2.45) is 0 Å². The van der Waals surface area contributed by atoms with E-state index in [4.69, 9.17) is 10.7 Å². The van der Waals surface area contributed by atoms with Crippen molar-refractivity contribution in [2.75, 3.05) is 11.4 Å². The zero-order valence-electron chi connectivity index (χ0n) is 11.3. The molecule has 0 radical (unpaired) electrons. The predicted molar refractivity (Wildman–Crippen MR) is 82.6 cm³/mol. The summed E-state index contributed by atoms with van der Waals surface area (Å²) in [6, 6.07) is 9.01. The van der Waals surface area contributed by atoms with Crippen molar-refractivity contribution in [3.8, 4) is 6.07 Å². The molecule has 104 valence electrons. The lowest BCUT2D eigenvalue weighted by molar-refractivity contribution is 0.411. The van der Waals surface area contributed by atoms with Crippen LogP contribution in [0.25, 0.3) is 5.57 Å². The first-order chi connectivity index (χ1) is 10.1. The van der Waals surface area contributed by atoms with Crippen molar-refractivity contribution in [3.63, 3.8) is 0 Å². The third-order valence-corrected chi connectivity index (χ3v) is 4.22. The van der Waals surface area contributed by atoms with Crippen molar-refractivity contribution in [3.05, 3.63) is 51.7 Å². The summed E-state index contributed by atoms with van der Waals surface area (Å²) >= 11 is 1.42. The molecule has 0 unspecified atom stereocenters. The van der Waals surface area contributed by atoms with Gasteiger partial charge in [0.25, 0.3) is 0 Å². The van der Waals surface area contributed by atoms with Crippen LogP contribution in [0.15, 0.2) is 35.4 Å². The largest absolute Gasteiger partial charge is 0.510 e. The van der Waals surface area contributed by atoms with Crippen LogP contribution in [0.4, 0.5) is 5.69 Å². The average molecular weight is 296 g/mol. The minimum absolute atomic E-state index is 0.152. The van der Waals surface area contributed by atoms with E-state index in [-0.39, 0.29) is 18.1 Å². The van der Waals surface area contributed by atoms with Crippen molar-refractivity contribution in [1.29, 1.82) is 10.7 Å². The molecule has 2 N–H and O–H groups in total. The highest BCUT2D eigenvalue weighted by molar-refractivity contribution is 7.11. The topological polar surface area (TPSA) is 84.0 Å². The van der Waals surface area contributed by atoms with Crippen LogP contribution < -0.4 is 4.90 Å². The normalized spacial score (nSPS) is 14.7. The SMILES string of the molecule is Cc1csc(C2=C(O)CN(c3ccc(C#N)cc3)C2=N)n1. The molecule has 2 aromatic rings. The van der Waals surface area contributed by atoms with Crippen LogP contribution in [0.1, 0.15) is 16.3 Å². The number of aryl methyl sites for hydroxylation is 1. The van der Waals surface area contributed by atoms with Gasteiger partial charge in [-0.05, 0) is 31.2 Å². The molecule has 0 atom stereocenters. The van der Waals surface area contributed by atoms with Crippen molar-refractivity contribution in [1.82, 2.24) is 4.98 Å². The highest BCUT2D eigenvalue weighted by Gasteiger charge is 2.30. The fourth-order valence-corrected chi connectivity index (χ4v) is 3.07. The molecule has 0 fully saturated rings. The molecule has 2 heterocycles. The lowest BCUT2D eigenvalue weighted by atomic mass is 10.2. The molecule has 1 aromatic carbocycles. The van der Waals surface area contributed by atoms with Crippen LogP contribution in [0.3, 0.4) is 0 Å². The van der Waals surface area contributed by atoms with Gasteiger partial charge in [0, 0.05) is 16.8 Å². The molecular weight excluding hydrogens is 284 g/mol. The Morgan fingerprint density at radius 1 is 1.38 bits per heavy atom. The zero-order chi connectivity index (χ0) is 15.0. The third-order valence-electron chi connectivity index (χ3n) is 3.24. The number of nitrogens with one attached hydrogen (secondary N) is 1. The number of benzene rings is 1. The fourth-order valence-electron chi connectivity index (χ4n) is 2.21. The molecule has 1 aliphatic heterocycles. The Balaban J connectivity index is 1.92. The minimum atomic E-state index is 0.152. The zero-order valence-corrected chi connectivity index (χ0v) is 12.1. The average Bonchev–Trinajstić information content (AvgIpc) is 3.02. The number of nitriles is 1. The van der Waals surface area contributed by atoms with E-state index in [1.165, 1.54) is 11.3 Å². The molecule has 0 spiro atoms. The lowest BCUT2D eigenvalue weighted by Gasteiger charge is -2.18. The number of nitrogens with zero attached hydrogens (tertiary/aromatic N) is 3. The smallest absolute Gasteiger partial charge is 0.139 e. The monoisotopic (exact) mass is 296 g/mol. The number of aliphatic hydroxyl groups excluding tert-OH is 1. The Kier molecular flexibility index (Phi) is 3.20. The van der Waals surface area contributed by atoms with Gasteiger partial charge < -0.3 is 10.0 Å². The standard InChI is InChI=1S/C15H12N4OS/c1-9-8-21-15(18-9)13-12(20)7-19(14(13)17)11-4-2-10(6-16)3-5-11/h2-5,8,17,20H,7H2,1H3. The Labute approximate surface area is 125 Å². The Morgan fingerprint density at radius 3 is 2.67 bits per heavy atom. The summed E-state index contributed by atoms with van der Waals surface area (Å²) in [5.74, 6) is 0.380. The summed E-state index contributed by atoms with van der Waals surface area (Å²) in [5, 5.41) is 29.8. The molecule has 1 aliphatic rings. The summed E-state index contributed by atoms with van der Waals surface area (Å²) in [6.45, 7) is 2.13. The number of thiazole rings is 1. The second kappa shape index (κ2) is 5.04. The van der Waals surface area contributed by atoms with Crippen molar-refractivity contribution < 1.29 is 5.11 Å². The fraction of sp³-hybridized carbons (Fsp3) is 0.133. The summed E-state index contributed by atoms with van der Waals surface area (Å²) in [7, 11) is 0. The van der Waals surface area contributed by atoms with E-state index in [1.807, 2.05) is 12.3 Å². The van der Waals surface area contributed by atoms with E-state index in [0.29, 0.717) is 16.1 Å². The van der Waals surface area contributed by atoms with E-state index in [2.05, 4.69) is 11.1 Å². The quantitative estimate of drug-likeness (QED) is 0.892. The summed E-state index contributed by atoms with van der Waals surface area (Å²) in [6.07, 6.45) is 0. The summed E-state index contributed by atoms with van der Waals surface area (Å²) in [4.78, 5) is 6.04. The first kappa shape index (κ1) is 13.3. The first-order valence-corrected chi connectivity index (χ1v) is 7.19. The molecule has 21 heavy (non-hydrogen) atoms.